The molecule has 0 unspecified atom stereocenters. The fourth-order valence-corrected chi connectivity index (χ4v) is 9.45. The zero-order valence-electron chi connectivity index (χ0n) is 44.5. The lowest BCUT2D eigenvalue weighted by Crippen LogP contribution is -2.09. The molecule has 0 bridgehead atoms. The summed E-state index contributed by atoms with van der Waals surface area (Å²) in [6, 6.07) is 115. The molecule has 0 aromatic heterocycles. The van der Waals surface area contributed by atoms with Crippen LogP contribution in [0, 0.1) is 20.8 Å². The fourth-order valence-electron chi connectivity index (χ4n) is 9.45. The molecule has 12 rings (SSSR count). The zero-order valence-corrected chi connectivity index (χ0v) is 44.5. The highest BCUT2D eigenvalue weighted by molar-refractivity contribution is 5.81. The van der Waals surface area contributed by atoms with E-state index in [9.17, 15) is 0 Å². The van der Waals surface area contributed by atoms with Crippen molar-refractivity contribution >= 4 is 51.2 Å². The van der Waals surface area contributed by atoms with Gasteiger partial charge in [-0.2, -0.15) is 0 Å². The highest BCUT2D eigenvalue weighted by Crippen LogP contribution is 2.38. The summed E-state index contributed by atoms with van der Waals surface area (Å²) in [7, 11) is 0. The molecular weight excluding hydrogens is 943 g/mol. The Kier molecular flexibility index (Phi) is 16.9. The number of anilines is 9. The highest BCUT2D eigenvalue weighted by Gasteiger charge is 2.15. The molecule has 12 aromatic rings. The summed E-state index contributed by atoms with van der Waals surface area (Å²) in [5, 5.41) is 0. The van der Waals surface area contributed by atoms with Gasteiger partial charge in [0.2, 0.25) is 0 Å². The topological polar surface area (TPSA) is 9.72 Å². The van der Waals surface area contributed by atoms with Crippen LogP contribution in [-0.2, 0) is 0 Å². The second-order valence-electron chi connectivity index (χ2n) is 19.3. The first kappa shape index (κ1) is 51.5. The second-order valence-corrected chi connectivity index (χ2v) is 19.3. The Morgan fingerprint density at radius 3 is 0.462 bits per heavy atom. The molecule has 0 aliphatic heterocycles. The highest BCUT2D eigenvalue weighted by atomic mass is 15.2. The van der Waals surface area contributed by atoms with Crippen molar-refractivity contribution < 1.29 is 0 Å². The zero-order chi connectivity index (χ0) is 53.3. The quantitative estimate of drug-likeness (QED) is 0.121. The maximum Gasteiger partial charge on any atom is 0.0462 e. The van der Waals surface area contributed by atoms with Gasteiger partial charge in [-0.15, -0.1) is 0 Å². The molecule has 0 atom stereocenters. The molecule has 0 radical (unpaired) electrons. The third-order valence-electron chi connectivity index (χ3n) is 13.6. The Bertz CT molecular complexity index is 3550. The van der Waals surface area contributed by atoms with Crippen LogP contribution >= 0.6 is 0 Å². The maximum atomic E-state index is 2.28. The van der Waals surface area contributed by atoms with Gasteiger partial charge in [0.25, 0.3) is 0 Å². The number of hydrogen-bond donors (Lipinski definition) is 0. The van der Waals surface area contributed by atoms with Crippen molar-refractivity contribution in [2.45, 2.75) is 20.8 Å². The SMILES string of the molecule is Cc1ccc(-c2ccc(-c3ccc(N(c4ccccc4)c4ccccc4)cc3)cc2)cc1.Cc1ccc(-c2ccc(N(c3ccccc3)c3ccccc3)cc2)cc1.Cc1ccc(N(c2ccccc2)c2ccccc2)cc1. The first-order valence-corrected chi connectivity index (χ1v) is 26.7. The molecule has 0 aliphatic carbocycles. The van der Waals surface area contributed by atoms with Gasteiger partial charge in [0.05, 0.1) is 0 Å². The molecule has 0 fully saturated rings. The second kappa shape index (κ2) is 25.5. The van der Waals surface area contributed by atoms with Crippen LogP contribution in [0.3, 0.4) is 0 Å². The summed E-state index contributed by atoms with van der Waals surface area (Å²) in [6.07, 6.45) is 0. The standard InChI is InChI=1S/C31H25N.C25H21N.C19H17N/c1-24-12-14-25(15-13-24)26-16-18-27(19-17-26)28-20-22-31(23-21-28)32(29-8-4-2-5-9-29)30-10-6-3-7-11-30;1-20-12-14-21(15-13-20)22-16-18-25(19-17-22)26(23-8-4-2-5-9-23)24-10-6-3-7-11-24;1-16-12-14-19(15-13-16)20(17-8-4-2-5-9-17)18-10-6-3-7-11-18/h2-23H,1H3;2-19H,1H3;2-15H,1H3. The summed E-state index contributed by atoms with van der Waals surface area (Å²) in [6.45, 7) is 6.34. The summed E-state index contributed by atoms with van der Waals surface area (Å²) >= 11 is 0. The molecule has 0 N–H and O–H groups in total. The van der Waals surface area contributed by atoms with Gasteiger partial charge >= 0.3 is 0 Å². The summed E-state index contributed by atoms with van der Waals surface area (Å²) in [5.74, 6) is 0. The molecule has 3 heteroatoms. The van der Waals surface area contributed by atoms with Gasteiger partial charge in [-0.25, -0.2) is 0 Å². The molecular formula is C75H63N3. The van der Waals surface area contributed by atoms with E-state index in [1.165, 1.54) is 67.1 Å². The van der Waals surface area contributed by atoms with E-state index in [4.69, 9.17) is 0 Å². The summed E-state index contributed by atoms with van der Waals surface area (Å²) in [5.41, 5.74) is 21.6. The molecule has 78 heavy (non-hydrogen) atoms. The lowest BCUT2D eigenvalue weighted by atomic mass is 9.99. The first-order valence-electron chi connectivity index (χ1n) is 26.7. The predicted octanol–water partition coefficient (Wildman–Crippen LogP) is 21.4. The monoisotopic (exact) mass is 1010 g/mol. The van der Waals surface area contributed by atoms with Crippen LogP contribution in [0.15, 0.2) is 328 Å². The van der Waals surface area contributed by atoms with Gasteiger partial charge in [-0.1, -0.05) is 235 Å². The Balaban J connectivity index is 0.000000136. The van der Waals surface area contributed by atoms with Crippen LogP contribution in [0.5, 0.6) is 0 Å². The van der Waals surface area contributed by atoms with Crippen LogP contribution in [0.25, 0.3) is 33.4 Å². The van der Waals surface area contributed by atoms with Gasteiger partial charge in [0, 0.05) is 51.2 Å². The number of rotatable bonds is 12. The average Bonchev–Trinajstić information content (AvgIpc) is 3.54. The van der Waals surface area contributed by atoms with Gasteiger partial charge < -0.3 is 14.7 Å². The third-order valence-corrected chi connectivity index (χ3v) is 13.6. The number of aryl methyl sites for hydroxylation is 3. The van der Waals surface area contributed by atoms with Crippen molar-refractivity contribution in [3.8, 4) is 33.4 Å². The molecule has 12 aromatic carbocycles. The third kappa shape index (κ3) is 13.1. The van der Waals surface area contributed by atoms with E-state index < -0.39 is 0 Å². The fraction of sp³-hybridized carbons (Fsp3) is 0.0400. The van der Waals surface area contributed by atoms with Gasteiger partial charge in [0.1, 0.15) is 0 Å². The Morgan fingerprint density at radius 2 is 0.269 bits per heavy atom. The minimum absolute atomic E-state index is 1.14. The van der Waals surface area contributed by atoms with Gasteiger partial charge in [0.15, 0.2) is 0 Å². The van der Waals surface area contributed by atoms with E-state index in [-0.39, 0.29) is 0 Å². The number of para-hydroxylation sites is 6. The van der Waals surface area contributed by atoms with Crippen molar-refractivity contribution in [2.75, 3.05) is 14.7 Å². The van der Waals surface area contributed by atoms with E-state index in [1.807, 2.05) is 24.3 Å². The minimum atomic E-state index is 1.14. The van der Waals surface area contributed by atoms with Gasteiger partial charge in [-0.05, 0) is 163 Å². The lowest BCUT2D eigenvalue weighted by molar-refractivity contribution is 1.27. The van der Waals surface area contributed by atoms with Crippen LogP contribution in [0.1, 0.15) is 16.7 Å². The first-order chi connectivity index (χ1) is 38.4. The average molecular weight is 1010 g/mol. The molecule has 0 aliphatic rings. The maximum absolute atomic E-state index is 2.28. The smallest absolute Gasteiger partial charge is 0.0462 e. The van der Waals surface area contributed by atoms with Crippen molar-refractivity contribution in [2.24, 2.45) is 0 Å². The Morgan fingerprint density at radius 1 is 0.141 bits per heavy atom. The van der Waals surface area contributed by atoms with Crippen molar-refractivity contribution in [1.82, 2.24) is 0 Å². The Labute approximate surface area is 461 Å². The van der Waals surface area contributed by atoms with Crippen LogP contribution in [0.2, 0.25) is 0 Å². The molecule has 0 saturated carbocycles. The van der Waals surface area contributed by atoms with Crippen molar-refractivity contribution in [3.63, 3.8) is 0 Å². The Hall–Kier alpha value is -9.96. The summed E-state index contributed by atoms with van der Waals surface area (Å²) < 4.78 is 0. The molecule has 0 heterocycles. The normalized spacial score (nSPS) is 10.5. The predicted molar refractivity (Wildman–Crippen MR) is 334 cm³/mol. The molecule has 378 valence electrons. The van der Waals surface area contributed by atoms with Crippen LogP contribution in [0.4, 0.5) is 51.2 Å². The summed E-state index contributed by atoms with van der Waals surface area (Å²) in [4.78, 5) is 6.82. The van der Waals surface area contributed by atoms with Gasteiger partial charge in [-0.3, -0.25) is 0 Å². The number of benzene rings is 12. The molecule has 0 spiro atoms. The number of hydrogen-bond acceptors (Lipinski definition) is 3. The van der Waals surface area contributed by atoms with E-state index >= 15 is 0 Å². The van der Waals surface area contributed by atoms with Crippen molar-refractivity contribution in [3.05, 3.63) is 344 Å². The molecule has 0 amide bonds. The van der Waals surface area contributed by atoms with Crippen LogP contribution < -0.4 is 14.7 Å². The largest absolute Gasteiger partial charge is 0.311 e. The molecule has 3 nitrogen and oxygen atoms in total. The van der Waals surface area contributed by atoms with E-state index in [0.717, 1.165) is 34.1 Å². The van der Waals surface area contributed by atoms with Crippen molar-refractivity contribution in [1.29, 1.82) is 0 Å². The van der Waals surface area contributed by atoms with E-state index in [2.05, 4.69) is 339 Å². The number of nitrogens with zero attached hydrogens (tertiary/aromatic N) is 3. The van der Waals surface area contributed by atoms with E-state index in [0.29, 0.717) is 0 Å². The molecule has 0 saturated heterocycles. The van der Waals surface area contributed by atoms with E-state index in [1.54, 1.807) is 0 Å². The lowest BCUT2D eigenvalue weighted by Gasteiger charge is -2.25. The van der Waals surface area contributed by atoms with Crippen LogP contribution in [-0.4, -0.2) is 0 Å². The minimum Gasteiger partial charge on any atom is -0.311 e.